The molecule has 1 aromatic rings. The molecule has 0 aliphatic carbocycles. The Morgan fingerprint density at radius 2 is 2.00 bits per heavy atom. The average Bonchev–Trinajstić information content (AvgIpc) is 2.75. The number of sulfonamides is 1. The average molecular weight is 485 g/mol. The molecule has 3 N–H and O–H groups in total. The number of nitriles is 1. The lowest BCUT2D eigenvalue weighted by molar-refractivity contribution is -0.141. The highest BCUT2D eigenvalue weighted by Crippen LogP contribution is 2.27. The summed E-state index contributed by atoms with van der Waals surface area (Å²) in [5.41, 5.74) is -0.226. The maximum Gasteiger partial charge on any atom is 0.326 e. The molecule has 174 valence electrons. The van der Waals surface area contributed by atoms with Crippen molar-refractivity contribution < 1.29 is 27.9 Å². The van der Waals surface area contributed by atoms with Gasteiger partial charge in [0.15, 0.2) is 0 Å². The number of benzene rings is 1. The molecule has 1 amide bonds. The van der Waals surface area contributed by atoms with Crippen LogP contribution in [0.25, 0.3) is 0 Å². The van der Waals surface area contributed by atoms with Gasteiger partial charge < -0.3 is 20.5 Å². The van der Waals surface area contributed by atoms with Crippen LogP contribution in [0.4, 0.5) is 5.69 Å². The van der Waals surface area contributed by atoms with Crippen molar-refractivity contribution in [1.29, 1.82) is 5.26 Å². The van der Waals surface area contributed by atoms with Crippen LogP contribution in [0.15, 0.2) is 34.9 Å². The molecule has 1 aliphatic heterocycles. The molecule has 0 bridgehead atoms. The van der Waals surface area contributed by atoms with Crippen LogP contribution in [0.2, 0.25) is 5.02 Å². The number of hydrogen-bond acceptors (Lipinski definition) is 7. The van der Waals surface area contributed by atoms with Crippen LogP contribution in [0.3, 0.4) is 0 Å². The number of carboxylic acids is 1. The van der Waals surface area contributed by atoms with Crippen molar-refractivity contribution in [3.05, 3.63) is 35.0 Å². The number of rotatable bonds is 9. The van der Waals surface area contributed by atoms with Crippen LogP contribution in [0.1, 0.15) is 20.3 Å². The number of morpholine rings is 1. The number of amides is 1. The zero-order valence-electron chi connectivity index (χ0n) is 17.7. The Bertz CT molecular complexity index is 1030. The van der Waals surface area contributed by atoms with Gasteiger partial charge >= 0.3 is 5.97 Å². The summed E-state index contributed by atoms with van der Waals surface area (Å²) >= 11 is 6.14. The standard InChI is InChI=1S/C20H25ClN4O6S/c1-13(2)9-18(20(27)28)24-19(26)14(11-22)12-23-17-10-15(3-4-16(17)21)32(29,30)25-5-7-31-8-6-25/h3-4,10,12-13,18,23H,5-9H2,1-2H3,(H,24,26)(H,27,28)/b14-12-. The van der Waals surface area contributed by atoms with Gasteiger partial charge in [0.1, 0.15) is 17.7 Å². The van der Waals surface area contributed by atoms with Gasteiger partial charge in [-0.2, -0.15) is 9.57 Å². The van der Waals surface area contributed by atoms with E-state index in [1.54, 1.807) is 6.07 Å². The maximum absolute atomic E-state index is 12.8. The second kappa shape index (κ2) is 11.3. The Kier molecular flexibility index (Phi) is 9.03. The highest BCUT2D eigenvalue weighted by Gasteiger charge is 2.27. The summed E-state index contributed by atoms with van der Waals surface area (Å²) in [6, 6.07) is 4.60. The van der Waals surface area contributed by atoms with Gasteiger partial charge in [-0.1, -0.05) is 25.4 Å². The van der Waals surface area contributed by atoms with Crippen molar-refractivity contribution in [2.45, 2.75) is 31.2 Å². The minimum absolute atomic E-state index is 0.00876. The van der Waals surface area contributed by atoms with Crippen molar-refractivity contribution in [3.8, 4) is 6.07 Å². The Hall–Kier alpha value is -2.65. The highest BCUT2D eigenvalue weighted by atomic mass is 35.5. The number of nitrogens with zero attached hydrogens (tertiary/aromatic N) is 2. The quantitative estimate of drug-likeness (QED) is 0.355. The molecule has 0 spiro atoms. The Morgan fingerprint density at radius 3 is 2.56 bits per heavy atom. The fourth-order valence-electron chi connectivity index (χ4n) is 2.94. The topological polar surface area (TPSA) is 149 Å². The van der Waals surface area contributed by atoms with E-state index in [4.69, 9.17) is 16.3 Å². The number of aliphatic carboxylic acids is 1. The zero-order chi connectivity index (χ0) is 23.9. The first-order valence-electron chi connectivity index (χ1n) is 9.84. The number of ether oxygens (including phenoxy) is 1. The van der Waals surface area contributed by atoms with Crippen LogP contribution in [-0.4, -0.2) is 62.1 Å². The summed E-state index contributed by atoms with van der Waals surface area (Å²) in [5, 5.41) is 23.7. The molecule has 0 aromatic heterocycles. The molecule has 1 unspecified atom stereocenters. The summed E-state index contributed by atoms with van der Waals surface area (Å²) in [6.07, 6.45) is 1.25. The predicted octanol–water partition coefficient (Wildman–Crippen LogP) is 1.80. The van der Waals surface area contributed by atoms with E-state index in [9.17, 15) is 28.4 Å². The fraction of sp³-hybridized carbons (Fsp3) is 0.450. The molecule has 10 nitrogen and oxygen atoms in total. The van der Waals surface area contributed by atoms with Gasteiger partial charge in [0, 0.05) is 19.3 Å². The molecule has 1 fully saturated rings. The minimum atomic E-state index is -3.77. The molecule has 1 atom stereocenters. The predicted molar refractivity (Wildman–Crippen MR) is 117 cm³/mol. The second-order valence-corrected chi connectivity index (χ2v) is 9.81. The van der Waals surface area contributed by atoms with Crippen molar-refractivity contribution in [3.63, 3.8) is 0 Å². The van der Waals surface area contributed by atoms with E-state index in [1.807, 2.05) is 13.8 Å². The molecular weight excluding hydrogens is 460 g/mol. The second-order valence-electron chi connectivity index (χ2n) is 7.47. The van der Waals surface area contributed by atoms with Gasteiger partial charge in [0.2, 0.25) is 10.0 Å². The van der Waals surface area contributed by atoms with Crippen LogP contribution in [0.5, 0.6) is 0 Å². The molecule has 1 saturated heterocycles. The maximum atomic E-state index is 12.8. The number of carbonyl (C=O) groups excluding carboxylic acids is 1. The molecule has 1 aliphatic rings. The molecule has 1 aromatic carbocycles. The van der Waals surface area contributed by atoms with Gasteiger partial charge in [-0.3, -0.25) is 4.79 Å². The van der Waals surface area contributed by atoms with E-state index in [1.165, 1.54) is 22.5 Å². The van der Waals surface area contributed by atoms with Crippen molar-refractivity contribution >= 4 is 39.2 Å². The number of nitrogens with one attached hydrogen (secondary N) is 2. The number of halogens is 1. The van der Waals surface area contributed by atoms with Crippen LogP contribution in [-0.2, 0) is 24.3 Å². The first-order valence-corrected chi connectivity index (χ1v) is 11.7. The van der Waals surface area contributed by atoms with Crippen LogP contribution in [0, 0.1) is 17.2 Å². The van der Waals surface area contributed by atoms with E-state index >= 15 is 0 Å². The van der Waals surface area contributed by atoms with Crippen molar-refractivity contribution in [1.82, 2.24) is 9.62 Å². The first kappa shape index (κ1) is 25.6. The number of carbonyl (C=O) groups is 2. The third kappa shape index (κ3) is 6.67. The number of anilines is 1. The van der Waals surface area contributed by atoms with E-state index in [0.717, 1.165) is 6.20 Å². The normalized spacial score (nSPS) is 16.3. The third-order valence-electron chi connectivity index (χ3n) is 4.59. The summed E-state index contributed by atoms with van der Waals surface area (Å²) in [6.45, 7) is 4.68. The molecule has 0 radical (unpaired) electrons. The highest BCUT2D eigenvalue weighted by molar-refractivity contribution is 7.89. The summed E-state index contributed by atoms with van der Waals surface area (Å²) in [4.78, 5) is 23.7. The van der Waals surface area contributed by atoms with Crippen molar-refractivity contribution in [2.75, 3.05) is 31.6 Å². The van der Waals surface area contributed by atoms with E-state index < -0.39 is 33.5 Å². The number of carboxylic acid groups (broad SMARTS) is 1. The lowest BCUT2D eigenvalue weighted by atomic mass is 10.0. The van der Waals surface area contributed by atoms with Gasteiger partial charge in [-0.15, -0.1) is 0 Å². The van der Waals surface area contributed by atoms with Crippen LogP contribution >= 0.6 is 11.6 Å². The van der Waals surface area contributed by atoms with Gasteiger partial charge in [-0.25, -0.2) is 13.2 Å². The third-order valence-corrected chi connectivity index (χ3v) is 6.82. The molecule has 12 heteroatoms. The van der Waals surface area contributed by atoms with E-state index in [0.29, 0.717) is 13.2 Å². The van der Waals surface area contributed by atoms with Crippen molar-refractivity contribution in [2.24, 2.45) is 5.92 Å². The summed E-state index contributed by atoms with van der Waals surface area (Å²) in [7, 11) is -3.77. The molecule has 2 rings (SSSR count). The van der Waals surface area contributed by atoms with Gasteiger partial charge in [0.05, 0.1) is 28.8 Å². The Morgan fingerprint density at radius 1 is 1.34 bits per heavy atom. The van der Waals surface area contributed by atoms with Gasteiger partial charge in [-0.05, 0) is 30.5 Å². The fourth-order valence-corrected chi connectivity index (χ4v) is 4.55. The summed E-state index contributed by atoms with van der Waals surface area (Å²) in [5.74, 6) is -2.07. The first-order chi connectivity index (χ1) is 15.1. The molecule has 32 heavy (non-hydrogen) atoms. The lowest BCUT2D eigenvalue weighted by Crippen LogP contribution is -2.42. The smallest absolute Gasteiger partial charge is 0.326 e. The monoisotopic (exact) mass is 484 g/mol. The lowest BCUT2D eigenvalue weighted by Gasteiger charge is -2.26. The zero-order valence-corrected chi connectivity index (χ0v) is 19.2. The Balaban J connectivity index is 2.21. The molecule has 1 heterocycles. The van der Waals surface area contributed by atoms with Gasteiger partial charge in [0.25, 0.3) is 5.91 Å². The molecule has 0 saturated carbocycles. The largest absolute Gasteiger partial charge is 0.480 e. The Labute approximate surface area is 191 Å². The van der Waals surface area contributed by atoms with E-state index in [-0.39, 0.29) is 41.0 Å². The van der Waals surface area contributed by atoms with Crippen LogP contribution < -0.4 is 10.6 Å². The number of hydrogen-bond donors (Lipinski definition) is 3. The molecular formula is C20H25ClN4O6S. The minimum Gasteiger partial charge on any atom is -0.480 e. The SMILES string of the molecule is CC(C)CC(NC(=O)/C(C#N)=C\Nc1cc(S(=O)(=O)N2CCOCC2)ccc1Cl)C(=O)O. The van der Waals surface area contributed by atoms with E-state index in [2.05, 4.69) is 10.6 Å². The summed E-state index contributed by atoms with van der Waals surface area (Å²) < 4.78 is 32.2.